The molecule has 2 aromatic carbocycles. The Morgan fingerprint density at radius 2 is 1.67 bits per heavy atom. The van der Waals surface area contributed by atoms with Gasteiger partial charge in [-0.05, 0) is 61.2 Å². The molecule has 1 saturated heterocycles. The normalized spacial score (nSPS) is 31.4. The summed E-state index contributed by atoms with van der Waals surface area (Å²) >= 11 is 0. The van der Waals surface area contributed by atoms with Crippen LogP contribution in [0.25, 0.3) is 11.1 Å². The molecule has 45 heavy (non-hydrogen) atoms. The van der Waals surface area contributed by atoms with Crippen LogP contribution in [0.2, 0.25) is 0 Å². The van der Waals surface area contributed by atoms with Crippen molar-refractivity contribution in [2.24, 2.45) is 29.4 Å². The van der Waals surface area contributed by atoms with E-state index in [0.29, 0.717) is 30.8 Å². The number of Topliss-reactive ketones (excluding diaryl/α,β-unsaturated/α-hetero) is 4. The first-order valence-electron chi connectivity index (χ1n) is 15.0. The van der Waals surface area contributed by atoms with Crippen molar-refractivity contribution < 1.29 is 43.0 Å². The number of benzene rings is 2. The van der Waals surface area contributed by atoms with Crippen LogP contribution in [0.4, 0.5) is 8.78 Å². The summed E-state index contributed by atoms with van der Waals surface area (Å²) < 4.78 is 27.1. The molecule has 0 spiro atoms. The van der Waals surface area contributed by atoms with Crippen molar-refractivity contribution in [3.8, 4) is 16.9 Å². The van der Waals surface area contributed by atoms with Crippen molar-refractivity contribution >= 4 is 29.0 Å². The number of carbonyl (C=O) groups excluding carboxylic acids is 5. The van der Waals surface area contributed by atoms with Gasteiger partial charge in [-0.1, -0.05) is 30.3 Å². The van der Waals surface area contributed by atoms with Crippen LogP contribution < -0.4 is 5.73 Å². The van der Waals surface area contributed by atoms with E-state index in [1.807, 2.05) is 29.2 Å². The lowest BCUT2D eigenvalue weighted by Crippen LogP contribution is -2.74. The number of hydrogen-bond donors (Lipinski definition) is 3. The number of nitrogens with zero attached hydrogens (tertiary/aromatic N) is 2. The van der Waals surface area contributed by atoms with Crippen LogP contribution in [0.5, 0.6) is 5.75 Å². The molecular formula is C33H35F2N3O7. The highest BCUT2D eigenvalue weighted by Crippen LogP contribution is 2.51. The van der Waals surface area contributed by atoms with E-state index in [1.54, 1.807) is 6.07 Å². The number of hydrogen-bond acceptors (Lipinski definition) is 9. The Morgan fingerprint density at radius 1 is 1.02 bits per heavy atom. The molecule has 2 unspecified atom stereocenters. The van der Waals surface area contributed by atoms with Crippen LogP contribution in [-0.2, 0) is 32.1 Å². The number of piperidine rings is 1. The number of aliphatic hydroxyl groups is 1. The van der Waals surface area contributed by atoms with Crippen LogP contribution in [-0.4, -0.2) is 93.8 Å². The average molecular weight is 624 g/mol. The summed E-state index contributed by atoms with van der Waals surface area (Å²) in [5, 5.41) is 22.5. The maximum Gasteiger partial charge on any atom is 0.250 e. The smallest absolute Gasteiger partial charge is 0.250 e. The minimum atomic E-state index is -2.77. The number of rotatable bonds is 5. The number of likely N-dealkylation sites (N-methyl/N-ethyl adjacent to an activating group) is 1. The van der Waals surface area contributed by atoms with Gasteiger partial charge in [0.25, 0.3) is 5.92 Å². The van der Waals surface area contributed by atoms with Gasteiger partial charge in [-0.25, -0.2) is 8.78 Å². The van der Waals surface area contributed by atoms with Gasteiger partial charge in [0.2, 0.25) is 5.91 Å². The quantitative estimate of drug-likeness (QED) is 0.422. The molecule has 4 N–H and O–H groups in total. The summed E-state index contributed by atoms with van der Waals surface area (Å²) in [5.41, 5.74) is 5.35. The number of phenols is 1. The number of ketones is 4. The van der Waals surface area contributed by atoms with E-state index in [1.165, 1.54) is 25.1 Å². The first kappa shape index (κ1) is 31.1. The molecule has 12 heteroatoms. The van der Waals surface area contributed by atoms with Gasteiger partial charge in [0, 0.05) is 38.4 Å². The highest BCUT2D eigenvalue weighted by molar-refractivity contribution is 6.32. The summed E-state index contributed by atoms with van der Waals surface area (Å²) in [5.74, 6) is -13.5. The highest BCUT2D eigenvalue weighted by Gasteiger charge is 2.69. The molecule has 0 radical (unpaired) electrons. The fraction of sp³-hybridized carbons (Fsp3) is 0.485. The van der Waals surface area contributed by atoms with Gasteiger partial charge in [-0.2, -0.15) is 0 Å². The molecule has 2 aromatic rings. The molecule has 0 bridgehead atoms. The van der Waals surface area contributed by atoms with Crippen LogP contribution in [0.3, 0.4) is 0 Å². The van der Waals surface area contributed by atoms with Crippen molar-refractivity contribution in [3.05, 3.63) is 53.1 Å². The Hall–Kier alpha value is -3.87. The molecule has 10 nitrogen and oxygen atoms in total. The predicted molar refractivity (Wildman–Crippen MR) is 156 cm³/mol. The summed E-state index contributed by atoms with van der Waals surface area (Å²) in [6.45, 7) is 1.11. The predicted octanol–water partition coefficient (Wildman–Crippen LogP) is 1.77. The lowest BCUT2D eigenvalue weighted by atomic mass is 9.52. The molecule has 1 aliphatic heterocycles. The molecule has 6 rings (SSSR count). The van der Waals surface area contributed by atoms with E-state index in [9.17, 15) is 43.0 Å². The Kier molecular flexibility index (Phi) is 7.53. The van der Waals surface area contributed by atoms with Crippen molar-refractivity contribution in [3.63, 3.8) is 0 Å². The van der Waals surface area contributed by atoms with Gasteiger partial charge in [0.1, 0.15) is 5.75 Å². The summed E-state index contributed by atoms with van der Waals surface area (Å²) in [6.07, 6.45) is -0.234. The minimum Gasteiger partial charge on any atom is -0.507 e. The topological polar surface area (TPSA) is 158 Å². The molecule has 1 heterocycles. The van der Waals surface area contributed by atoms with Gasteiger partial charge in [0.15, 0.2) is 34.7 Å². The van der Waals surface area contributed by atoms with Gasteiger partial charge < -0.3 is 15.9 Å². The van der Waals surface area contributed by atoms with Crippen LogP contribution in [0.1, 0.15) is 40.7 Å². The first-order valence-corrected chi connectivity index (χ1v) is 15.0. The largest absolute Gasteiger partial charge is 0.507 e. The molecular weight excluding hydrogens is 588 g/mol. The Bertz CT molecular complexity index is 1610. The zero-order valence-corrected chi connectivity index (χ0v) is 25.0. The average Bonchev–Trinajstić information content (AvgIpc) is 2.96. The molecule has 4 aliphatic rings. The third-order valence-corrected chi connectivity index (χ3v) is 10.2. The van der Waals surface area contributed by atoms with Crippen molar-refractivity contribution in [2.75, 3.05) is 27.2 Å². The third kappa shape index (κ3) is 4.90. The Balaban J connectivity index is 1.34. The number of nitrogens with two attached hydrogens (primary N) is 1. The summed E-state index contributed by atoms with van der Waals surface area (Å²) in [7, 11) is 3.07. The zero-order valence-electron chi connectivity index (χ0n) is 25.0. The van der Waals surface area contributed by atoms with E-state index < -0.39 is 70.3 Å². The maximum atomic E-state index is 14.0. The monoisotopic (exact) mass is 623 g/mol. The second-order valence-corrected chi connectivity index (χ2v) is 13.1. The van der Waals surface area contributed by atoms with Crippen molar-refractivity contribution in [1.82, 2.24) is 9.80 Å². The van der Waals surface area contributed by atoms with Gasteiger partial charge in [0.05, 0.1) is 17.5 Å². The van der Waals surface area contributed by atoms with Gasteiger partial charge in [-0.3, -0.25) is 33.8 Å². The van der Waals surface area contributed by atoms with Crippen LogP contribution in [0, 0.1) is 23.7 Å². The van der Waals surface area contributed by atoms with E-state index in [0.717, 1.165) is 11.1 Å². The number of alkyl halides is 2. The number of likely N-dealkylation sites (tertiary alicyclic amines) is 1. The minimum absolute atomic E-state index is 0.0349. The van der Waals surface area contributed by atoms with Crippen molar-refractivity contribution in [2.45, 2.75) is 49.8 Å². The number of primary amides is 1. The zero-order chi connectivity index (χ0) is 32.6. The highest BCUT2D eigenvalue weighted by atomic mass is 19.3. The fourth-order valence-corrected chi connectivity index (χ4v) is 7.96. The lowest BCUT2D eigenvalue weighted by molar-refractivity contribution is -0.181. The molecule has 3 fully saturated rings. The number of carbonyl (C=O) groups is 5. The molecule has 3 aliphatic carbocycles. The Morgan fingerprint density at radius 3 is 2.27 bits per heavy atom. The van der Waals surface area contributed by atoms with Crippen LogP contribution in [0.15, 0.2) is 36.4 Å². The number of aromatic hydroxyl groups is 1. The molecule has 0 aromatic heterocycles. The molecule has 2 saturated carbocycles. The number of amides is 1. The second kappa shape index (κ2) is 10.9. The standard InChI is InChI=1S/C33H35F2N3O7/c1-37(2)26-21-14-18-13-20-19(17-5-3-16(4-6-17)15-38-11-9-32(34,35)10-12-38)7-8-22(39)24(20)27(40)23(18)29(42)33(21,45)30(43)25(28(26)41)31(36)44/h3-8,18,21,23,25-26,39,45H,9-15H2,1-2H3,(H2,36,44)/t18-,21-,23?,25?,26-,33-/m0/s1. The molecule has 1 amide bonds. The first-order chi connectivity index (χ1) is 21.2. The SMILES string of the molecule is CN(C)[C@@H]1C(=O)C(C(N)=O)C(=O)[C@@]2(O)C(=O)C3C(=O)c4c(O)ccc(-c5ccc(CN6CCC(F)(F)CC6)cc5)c4C[C@H]3C[C@@H]12. The van der Waals surface area contributed by atoms with Crippen molar-refractivity contribution in [1.29, 1.82) is 0 Å². The lowest BCUT2D eigenvalue weighted by Gasteiger charge is -2.52. The van der Waals surface area contributed by atoms with E-state index in [-0.39, 0.29) is 37.0 Å². The number of phenolic OH excluding ortho intramolecular Hbond substituents is 1. The summed E-state index contributed by atoms with van der Waals surface area (Å²) in [6, 6.07) is 9.34. The summed E-state index contributed by atoms with van der Waals surface area (Å²) in [4.78, 5) is 70.2. The van der Waals surface area contributed by atoms with E-state index in [4.69, 9.17) is 5.73 Å². The van der Waals surface area contributed by atoms with Gasteiger partial charge in [-0.15, -0.1) is 0 Å². The van der Waals surface area contributed by atoms with E-state index in [2.05, 4.69) is 0 Å². The Labute approximate surface area is 258 Å². The number of halogens is 2. The second-order valence-electron chi connectivity index (χ2n) is 13.1. The van der Waals surface area contributed by atoms with Gasteiger partial charge >= 0.3 is 0 Å². The van der Waals surface area contributed by atoms with E-state index >= 15 is 0 Å². The molecule has 6 atom stereocenters. The number of fused-ring (bicyclic) bond motifs is 3. The van der Waals surface area contributed by atoms with Crippen LogP contribution >= 0.6 is 0 Å². The third-order valence-electron chi connectivity index (χ3n) is 10.2. The fourth-order valence-electron chi connectivity index (χ4n) is 7.96. The molecule has 238 valence electrons. The maximum absolute atomic E-state index is 14.0.